The monoisotopic (exact) mass is 493 g/mol. The zero-order valence-corrected chi connectivity index (χ0v) is 20.2. The van der Waals surface area contributed by atoms with E-state index in [0.29, 0.717) is 37.1 Å². The average Bonchev–Trinajstić information content (AvgIpc) is 3.50. The summed E-state index contributed by atoms with van der Waals surface area (Å²) in [4.78, 5) is 22.2. The first-order valence-electron chi connectivity index (χ1n) is 12.2. The van der Waals surface area contributed by atoms with Crippen LogP contribution in [0.3, 0.4) is 0 Å². The van der Waals surface area contributed by atoms with Gasteiger partial charge in [0.2, 0.25) is 0 Å². The number of hydrogen-bond donors (Lipinski definition) is 1. The summed E-state index contributed by atoms with van der Waals surface area (Å²) in [5.74, 6) is 3.24. The van der Waals surface area contributed by atoms with Crippen LogP contribution in [-0.2, 0) is 13.1 Å². The zero-order valence-electron chi connectivity index (χ0n) is 19.4. The average molecular weight is 494 g/mol. The lowest BCUT2D eigenvalue weighted by atomic mass is 9.95. The van der Waals surface area contributed by atoms with E-state index in [1.807, 2.05) is 30.5 Å². The Balaban J connectivity index is 1.29. The molecule has 2 saturated heterocycles. The van der Waals surface area contributed by atoms with Crippen molar-refractivity contribution in [1.82, 2.24) is 29.5 Å². The first kappa shape index (κ1) is 22.3. The summed E-state index contributed by atoms with van der Waals surface area (Å²) in [6, 6.07) is 12.2. The molecule has 0 spiro atoms. The molecule has 3 aromatic rings. The summed E-state index contributed by atoms with van der Waals surface area (Å²) in [7, 11) is 0. The van der Waals surface area contributed by atoms with Crippen molar-refractivity contribution >= 4 is 23.5 Å². The number of halogens is 1. The molecule has 9 nitrogen and oxygen atoms in total. The third-order valence-electron chi connectivity index (χ3n) is 7.54. The maximum Gasteiger partial charge on any atom is 0.407 e. The van der Waals surface area contributed by atoms with E-state index in [1.54, 1.807) is 0 Å². The quantitative estimate of drug-likeness (QED) is 0.594. The molecule has 1 amide bonds. The Morgan fingerprint density at radius 3 is 2.63 bits per heavy atom. The van der Waals surface area contributed by atoms with Gasteiger partial charge in [0.25, 0.3) is 0 Å². The minimum Gasteiger partial charge on any atom is -0.465 e. The van der Waals surface area contributed by atoms with E-state index in [9.17, 15) is 9.90 Å². The highest BCUT2D eigenvalue weighted by Gasteiger charge is 2.35. The van der Waals surface area contributed by atoms with Crippen molar-refractivity contribution in [3.05, 3.63) is 64.8 Å². The van der Waals surface area contributed by atoms with Gasteiger partial charge in [-0.3, -0.25) is 9.47 Å². The van der Waals surface area contributed by atoms with Crippen molar-refractivity contribution in [3.8, 4) is 5.69 Å². The molecule has 0 aliphatic carbocycles. The number of rotatable bonds is 3. The standard InChI is InChI=1S/C25H28ClN7O2/c26-19-4-5-21-18(13-19)14-32(20-8-12-31(15-20)25(34)35)16-23-28-29-24(33(21)23)17-6-10-30(11-7-17)22-3-1-2-9-27-22/h1-5,9,13,17,20H,6-8,10-12,14-16H2,(H,34,35). The van der Waals surface area contributed by atoms with Crippen LogP contribution in [0.5, 0.6) is 0 Å². The number of nitrogens with zero attached hydrogens (tertiary/aromatic N) is 7. The molecule has 5 heterocycles. The van der Waals surface area contributed by atoms with Crippen molar-refractivity contribution in [2.45, 2.75) is 44.3 Å². The second kappa shape index (κ2) is 9.13. The van der Waals surface area contributed by atoms with E-state index < -0.39 is 6.09 Å². The molecule has 182 valence electrons. The number of likely N-dealkylation sites (tertiary alicyclic amines) is 1. The minimum atomic E-state index is -0.853. The van der Waals surface area contributed by atoms with Gasteiger partial charge in [-0.05, 0) is 55.2 Å². The molecule has 1 unspecified atom stereocenters. The Hall–Kier alpha value is -3.17. The van der Waals surface area contributed by atoms with Crippen molar-refractivity contribution in [1.29, 1.82) is 0 Å². The third-order valence-corrected chi connectivity index (χ3v) is 7.77. The number of benzene rings is 1. The molecule has 1 N–H and O–H groups in total. The molecule has 10 heteroatoms. The zero-order chi connectivity index (χ0) is 23.9. The Bertz CT molecular complexity index is 1230. The van der Waals surface area contributed by atoms with Crippen LogP contribution in [0, 0.1) is 0 Å². The lowest BCUT2D eigenvalue weighted by Crippen LogP contribution is -2.37. The van der Waals surface area contributed by atoms with Crippen LogP contribution < -0.4 is 4.90 Å². The summed E-state index contributed by atoms with van der Waals surface area (Å²) in [6.07, 6.45) is 3.77. The van der Waals surface area contributed by atoms with Gasteiger partial charge in [-0.25, -0.2) is 9.78 Å². The molecular weight excluding hydrogens is 466 g/mol. The van der Waals surface area contributed by atoms with Gasteiger partial charge in [0.1, 0.15) is 11.6 Å². The predicted octanol–water partition coefficient (Wildman–Crippen LogP) is 3.77. The first-order valence-corrected chi connectivity index (χ1v) is 12.6. The van der Waals surface area contributed by atoms with E-state index in [1.165, 1.54) is 4.90 Å². The van der Waals surface area contributed by atoms with Crippen molar-refractivity contribution in [2.24, 2.45) is 0 Å². The molecule has 0 saturated carbocycles. The summed E-state index contributed by atoms with van der Waals surface area (Å²) < 4.78 is 2.23. The number of amides is 1. The highest BCUT2D eigenvalue weighted by atomic mass is 35.5. The van der Waals surface area contributed by atoms with Gasteiger partial charge in [-0.1, -0.05) is 17.7 Å². The molecule has 3 aliphatic rings. The number of pyridine rings is 1. The number of carbonyl (C=O) groups is 1. The number of hydrogen-bond acceptors (Lipinski definition) is 6. The van der Waals surface area contributed by atoms with Gasteiger partial charge in [0.05, 0.1) is 12.2 Å². The maximum atomic E-state index is 11.5. The fourth-order valence-corrected chi connectivity index (χ4v) is 5.89. The Morgan fingerprint density at radius 1 is 1.03 bits per heavy atom. The lowest BCUT2D eigenvalue weighted by molar-refractivity contribution is 0.142. The minimum absolute atomic E-state index is 0.145. The molecule has 2 fully saturated rings. The van der Waals surface area contributed by atoms with Crippen LogP contribution in [0.1, 0.15) is 42.4 Å². The second-order valence-corrected chi connectivity index (χ2v) is 10.0. The molecule has 0 bridgehead atoms. The fourth-order valence-electron chi connectivity index (χ4n) is 5.69. The van der Waals surface area contributed by atoms with Crippen molar-refractivity contribution in [2.75, 3.05) is 31.1 Å². The first-order chi connectivity index (χ1) is 17.1. The lowest BCUT2D eigenvalue weighted by Gasteiger charge is -2.32. The SMILES string of the molecule is O=C(O)N1CCC(N2Cc3cc(Cl)ccc3-n3c(nnc3C3CCN(c4ccccn4)CC3)C2)C1. The van der Waals surface area contributed by atoms with Crippen molar-refractivity contribution in [3.63, 3.8) is 0 Å². The number of aromatic nitrogens is 4. The molecule has 2 aromatic heterocycles. The van der Waals surface area contributed by atoms with Crippen molar-refractivity contribution < 1.29 is 9.90 Å². The van der Waals surface area contributed by atoms with Gasteiger partial charge in [0, 0.05) is 55.9 Å². The second-order valence-electron chi connectivity index (χ2n) is 9.61. The van der Waals surface area contributed by atoms with Gasteiger partial charge >= 0.3 is 6.09 Å². The highest BCUT2D eigenvalue weighted by molar-refractivity contribution is 6.30. The topological polar surface area (TPSA) is 90.6 Å². The number of carboxylic acid groups (broad SMARTS) is 1. The van der Waals surface area contributed by atoms with Gasteiger partial charge in [-0.2, -0.15) is 0 Å². The van der Waals surface area contributed by atoms with Crippen LogP contribution in [-0.4, -0.2) is 73.0 Å². The smallest absolute Gasteiger partial charge is 0.407 e. The normalized spacial score (nSPS) is 21.0. The van der Waals surface area contributed by atoms with Crippen LogP contribution in [0.25, 0.3) is 5.69 Å². The molecule has 1 aromatic carbocycles. The Labute approximate surface area is 208 Å². The van der Waals surface area contributed by atoms with E-state index in [-0.39, 0.29) is 6.04 Å². The van der Waals surface area contributed by atoms with E-state index in [2.05, 4.69) is 36.6 Å². The largest absolute Gasteiger partial charge is 0.465 e. The Kier molecular flexibility index (Phi) is 5.82. The number of piperidine rings is 1. The third kappa shape index (κ3) is 4.23. The Morgan fingerprint density at radius 2 is 1.89 bits per heavy atom. The molecule has 35 heavy (non-hydrogen) atoms. The van der Waals surface area contributed by atoms with Gasteiger partial charge < -0.3 is 14.9 Å². The molecule has 1 atom stereocenters. The maximum absolute atomic E-state index is 11.5. The number of fused-ring (bicyclic) bond motifs is 3. The van der Waals surface area contributed by atoms with E-state index >= 15 is 0 Å². The molecule has 0 radical (unpaired) electrons. The number of anilines is 1. The molecule has 6 rings (SSSR count). The summed E-state index contributed by atoms with van der Waals surface area (Å²) >= 11 is 6.41. The van der Waals surface area contributed by atoms with Crippen LogP contribution >= 0.6 is 11.6 Å². The van der Waals surface area contributed by atoms with E-state index in [4.69, 9.17) is 16.7 Å². The van der Waals surface area contributed by atoms with Crippen LogP contribution in [0.2, 0.25) is 5.02 Å². The fraction of sp³-hybridized carbons (Fsp3) is 0.440. The van der Waals surface area contributed by atoms with E-state index in [0.717, 1.165) is 61.1 Å². The predicted molar refractivity (Wildman–Crippen MR) is 132 cm³/mol. The summed E-state index contributed by atoms with van der Waals surface area (Å²) in [5.41, 5.74) is 2.20. The summed E-state index contributed by atoms with van der Waals surface area (Å²) in [5, 5.41) is 19.5. The molecule has 3 aliphatic heterocycles. The van der Waals surface area contributed by atoms with Crippen LogP contribution in [0.15, 0.2) is 42.6 Å². The van der Waals surface area contributed by atoms with Crippen LogP contribution in [0.4, 0.5) is 10.6 Å². The highest BCUT2D eigenvalue weighted by Crippen LogP contribution is 2.35. The van der Waals surface area contributed by atoms with Gasteiger partial charge in [-0.15, -0.1) is 10.2 Å². The summed E-state index contributed by atoms with van der Waals surface area (Å²) in [6.45, 7) is 4.26. The van der Waals surface area contributed by atoms with Gasteiger partial charge in [0.15, 0.2) is 5.82 Å². The molecular formula is C25H28ClN7O2.